The number of para-hydroxylation sites is 2. The van der Waals surface area contributed by atoms with Gasteiger partial charge in [0.2, 0.25) is 0 Å². The Morgan fingerprint density at radius 3 is 2.06 bits per heavy atom. The van der Waals surface area contributed by atoms with E-state index < -0.39 is 0 Å². The summed E-state index contributed by atoms with van der Waals surface area (Å²) >= 11 is 0. The monoisotopic (exact) mass is 615 g/mol. The predicted octanol–water partition coefficient (Wildman–Crippen LogP) is 12.0. The lowest BCUT2D eigenvalue weighted by Gasteiger charge is -2.29. The molecule has 0 fully saturated rings. The molecule has 7 aromatic carbocycles. The van der Waals surface area contributed by atoms with Crippen LogP contribution in [0.4, 0.5) is 17.1 Å². The molecule has 0 saturated heterocycles. The summed E-state index contributed by atoms with van der Waals surface area (Å²) in [7, 11) is 0. The molecule has 4 heteroatoms. The summed E-state index contributed by atoms with van der Waals surface area (Å²) in [5.41, 5.74) is 11.4. The Labute approximate surface area is 277 Å². The van der Waals surface area contributed by atoms with Crippen LogP contribution >= 0.6 is 0 Å². The van der Waals surface area contributed by atoms with Crippen molar-refractivity contribution >= 4 is 67.3 Å². The number of fused-ring (bicyclic) bond motifs is 6. The summed E-state index contributed by atoms with van der Waals surface area (Å²) in [5, 5.41) is 21.4. The van der Waals surface area contributed by atoms with Crippen LogP contribution in [0.3, 0.4) is 0 Å². The van der Waals surface area contributed by atoms with E-state index in [0.29, 0.717) is 0 Å². The Morgan fingerprint density at radius 2 is 1.19 bits per heavy atom. The average Bonchev–Trinajstić information content (AvgIpc) is 3.53. The molecule has 0 aliphatic heterocycles. The first-order valence-electron chi connectivity index (χ1n) is 16.0. The Morgan fingerprint density at radius 1 is 0.500 bits per heavy atom. The summed E-state index contributed by atoms with van der Waals surface area (Å²) in [6.07, 6.45) is 3.64. The van der Waals surface area contributed by atoms with Crippen LogP contribution < -0.4 is 4.90 Å². The molecule has 1 aliphatic carbocycles. The molecular weight excluding hydrogens is 587 g/mol. The largest absolute Gasteiger partial charge is 0.456 e. The number of furan rings is 1. The first kappa shape index (κ1) is 27.8. The molecule has 48 heavy (non-hydrogen) atoms. The molecule has 1 aromatic heterocycles. The molecule has 0 amide bonds. The van der Waals surface area contributed by atoms with Gasteiger partial charge in [-0.2, -0.15) is 0 Å². The van der Waals surface area contributed by atoms with Gasteiger partial charge in [-0.15, -0.1) is 0 Å². The quantitative estimate of drug-likeness (QED) is 0.202. The number of rotatable bonds is 5. The van der Waals surface area contributed by atoms with E-state index in [1.807, 2.05) is 36.4 Å². The average molecular weight is 616 g/mol. The second-order valence-electron chi connectivity index (χ2n) is 12.1. The minimum Gasteiger partial charge on any atom is -0.456 e. The molecular formula is C44H29N3O. The van der Waals surface area contributed by atoms with E-state index in [1.54, 1.807) is 6.08 Å². The van der Waals surface area contributed by atoms with Crippen molar-refractivity contribution in [2.75, 3.05) is 4.90 Å². The maximum atomic E-state index is 8.89. The SMILES string of the molecule is N=C1C=Cc2ccc3ccc(N(c4ccccc4-c4ccccc4-c4ccccc4)c4cccc5oc6ccccc6c45)cc3c2C1=N. The molecule has 2 N–H and O–H groups in total. The zero-order valence-corrected chi connectivity index (χ0v) is 25.9. The Kier molecular flexibility index (Phi) is 6.41. The van der Waals surface area contributed by atoms with E-state index >= 15 is 0 Å². The lowest BCUT2D eigenvalue weighted by atomic mass is 9.89. The summed E-state index contributed by atoms with van der Waals surface area (Å²) in [6.45, 7) is 0. The lowest BCUT2D eigenvalue weighted by Crippen LogP contribution is -2.16. The molecule has 0 unspecified atom stereocenters. The van der Waals surface area contributed by atoms with Crippen molar-refractivity contribution in [3.8, 4) is 22.3 Å². The fraction of sp³-hybridized carbons (Fsp3) is 0. The van der Waals surface area contributed by atoms with Crippen LogP contribution in [0.15, 0.2) is 162 Å². The van der Waals surface area contributed by atoms with E-state index in [1.165, 1.54) is 0 Å². The molecule has 4 nitrogen and oxygen atoms in total. The summed E-state index contributed by atoms with van der Waals surface area (Å²) in [4.78, 5) is 2.33. The predicted molar refractivity (Wildman–Crippen MR) is 200 cm³/mol. The van der Waals surface area contributed by atoms with E-state index in [-0.39, 0.29) is 11.4 Å². The molecule has 226 valence electrons. The van der Waals surface area contributed by atoms with E-state index in [0.717, 1.165) is 83.2 Å². The third-order valence-corrected chi connectivity index (χ3v) is 9.31. The highest BCUT2D eigenvalue weighted by molar-refractivity contribution is 6.53. The maximum Gasteiger partial charge on any atom is 0.137 e. The first-order valence-corrected chi connectivity index (χ1v) is 16.0. The Balaban J connectivity index is 1.36. The fourth-order valence-electron chi connectivity index (χ4n) is 7.11. The molecule has 0 spiro atoms. The summed E-state index contributed by atoms with van der Waals surface area (Å²) in [6, 6.07) is 52.7. The Hall–Kier alpha value is -6.52. The number of allylic oxidation sites excluding steroid dienone is 1. The van der Waals surface area contributed by atoms with Crippen LogP contribution in [0.5, 0.6) is 0 Å². The molecule has 8 aromatic rings. The van der Waals surface area contributed by atoms with Gasteiger partial charge in [0.15, 0.2) is 0 Å². The third kappa shape index (κ3) is 4.38. The second-order valence-corrected chi connectivity index (χ2v) is 12.1. The van der Waals surface area contributed by atoms with Crippen molar-refractivity contribution in [1.29, 1.82) is 10.8 Å². The van der Waals surface area contributed by atoms with Crippen LogP contribution in [0.25, 0.3) is 61.0 Å². The van der Waals surface area contributed by atoms with Gasteiger partial charge in [0.1, 0.15) is 11.2 Å². The zero-order chi connectivity index (χ0) is 32.2. The highest BCUT2D eigenvalue weighted by atomic mass is 16.3. The van der Waals surface area contributed by atoms with Gasteiger partial charge in [0.25, 0.3) is 0 Å². The molecule has 0 bridgehead atoms. The number of benzene rings is 7. The van der Waals surface area contributed by atoms with Crippen LogP contribution in [0.1, 0.15) is 11.1 Å². The summed E-state index contributed by atoms with van der Waals surface area (Å²) in [5.74, 6) is 0. The van der Waals surface area contributed by atoms with Gasteiger partial charge in [0, 0.05) is 22.2 Å². The van der Waals surface area contributed by atoms with Crippen LogP contribution in [0, 0.1) is 10.8 Å². The first-order chi connectivity index (χ1) is 23.7. The van der Waals surface area contributed by atoms with Crippen molar-refractivity contribution < 1.29 is 4.42 Å². The smallest absolute Gasteiger partial charge is 0.137 e. The lowest BCUT2D eigenvalue weighted by molar-refractivity contribution is 0.669. The van der Waals surface area contributed by atoms with Gasteiger partial charge in [-0.1, -0.05) is 121 Å². The third-order valence-electron chi connectivity index (χ3n) is 9.31. The van der Waals surface area contributed by atoms with Gasteiger partial charge < -0.3 is 9.32 Å². The topological polar surface area (TPSA) is 64.1 Å². The maximum absolute atomic E-state index is 8.89. The van der Waals surface area contributed by atoms with E-state index in [4.69, 9.17) is 15.2 Å². The van der Waals surface area contributed by atoms with Crippen LogP contribution in [-0.2, 0) is 0 Å². The highest BCUT2D eigenvalue weighted by Gasteiger charge is 2.24. The van der Waals surface area contributed by atoms with Crippen molar-refractivity contribution in [3.63, 3.8) is 0 Å². The minimum atomic E-state index is 0.217. The minimum absolute atomic E-state index is 0.217. The van der Waals surface area contributed by atoms with Crippen molar-refractivity contribution in [3.05, 3.63) is 169 Å². The van der Waals surface area contributed by atoms with Gasteiger partial charge in [-0.05, 0) is 75.5 Å². The van der Waals surface area contributed by atoms with Gasteiger partial charge in [0.05, 0.1) is 28.2 Å². The molecule has 0 atom stereocenters. The number of hydrogen-bond acceptors (Lipinski definition) is 4. The van der Waals surface area contributed by atoms with E-state index in [9.17, 15) is 0 Å². The number of nitrogens with one attached hydrogen (secondary N) is 2. The fourth-order valence-corrected chi connectivity index (χ4v) is 7.11. The summed E-state index contributed by atoms with van der Waals surface area (Å²) < 4.78 is 6.39. The molecule has 1 aliphatic rings. The standard InChI is InChI=1S/C44H29N3O/c45-37-26-24-30-22-21-29-23-25-31(27-36(29)42(30)44(37)46)47(39-18-10-20-41-43(39)35-16-7-9-19-40(35)48-41)38-17-8-6-15-34(38)33-14-5-4-13-32(33)28-11-2-1-3-12-28/h1-27,45-46H. The van der Waals surface area contributed by atoms with Gasteiger partial charge >= 0.3 is 0 Å². The highest BCUT2D eigenvalue weighted by Crippen LogP contribution is 2.47. The molecule has 1 heterocycles. The molecule has 0 radical (unpaired) electrons. The van der Waals surface area contributed by atoms with Crippen LogP contribution in [0.2, 0.25) is 0 Å². The van der Waals surface area contributed by atoms with Crippen molar-refractivity contribution in [2.24, 2.45) is 0 Å². The van der Waals surface area contributed by atoms with E-state index in [2.05, 4.69) is 126 Å². The Bertz CT molecular complexity index is 2610. The van der Waals surface area contributed by atoms with Crippen molar-refractivity contribution in [1.82, 2.24) is 0 Å². The van der Waals surface area contributed by atoms with Gasteiger partial charge in [-0.25, -0.2) is 0 Å². The second kappa shape index (κ2) is 11.1. The van der Waals surface area contributed by atoms with Crippen LogP contribution in [-0.4, -0.2) is 11.4 Å². The van der Waals surface area contributed by atoms with Gasteiger partial charge in [-0.3, -0.25) is 10.8 Å². The number of nitrogens with zero attached hydrogens (tertiary/aromatic N) is 1. The molecule has 0 saturated carbocycles. The number of anilines is 3. The zero-order valence-electron chi connectivity index (χ0n) is 25.9. The number of hydrogen-bond donors (Lipinski definition) is 2. The molecule has 9 rings (SSSR count). The normalized spacial score (nSPS) is 12.6. The van der Waals surface area contributed by atoms with Crippen molar-refractivity contribution in [2.45, 2.75) is 0 Å².